The number of hydrogen-bond acceptors (Lipinski definition) is 2. The Balaban J connectivity index is 2.13. The Morgan fingerprint density at radius 3 is 2.70 bits per heavy atom. The van der Waals surface area contributed by atoms with Gasteiger partial charge in [-0.15, -0.1) is 0 Å². The van der Waals surface area contributed by atoms with Gasteiger partial charge in [-0.05, 0) is 43.7 Å². The number of nitrogens with one attached hydrogen (secondary N) is 1. The maximum atomic E-state index is 13.8. The molecule has 2 aromatic rings. The Bertz CT molecular complexity index is 643. The fourth-order valence-corrected chi connectivity index (χ4v) is 2.49. The van der Waals surface area contributed by atoms with E-state index < -0.39 is 0 Å². The Labute approximate surface area is 146 Å². The SMILES string of the molecule is CCC(C)NCc1cc(Cl)ccc1OCc1c(F)cccc1Cl. The molecule has 0 aliphatic rings. The van der Waals surface area contributed by atoms with Crippen LogP contribution in [0, 0.1) is 5.82 Å². The first-order valence-corrected chi connectivity index (χ1v) is 8.34. The van der Waals surface area contributed by atoms with E-state index in [1.165, 1.54) is 6.07 Å². The van der Waals surface area contributed by atoms with Crippen LogP contribution in [0.1, 0.15) is 31.4 Å². The summed E-state index contributed by atoms with van der Waals surface area (Å²) in [5.41, 5.74) is 1.29. The average Bonchev–Trinajstić information content (AvgIpc) is 2.53. The van der Waals surface area contributed by atoms with Crippen molar-refractivity contribution in [2.24, 2.45) is 0 Å². The van der Waals surface area contributed by atoms with E-state index in [4.69, 9.17) is 27.9 Å². The molecular weight excluding hydrogens is 336 g/mol. The van der Waals surface area contributed by atoms with Crippen LogP contribution < -0.4 is 10.1 Å². The molecule has 1 atom stereocenters. The molecule has 2 aromatic carbocycles. The third-order valence-electron chi connectivity index (χ3n) is 3.71. The van der Waals surface area contributed by atoms with Crippen molar-refractivity contribution in [2.75, 3.05) is 0 Å². The summed E-state index contributed by atoms with van der Waals surface area (Å²) in [6, 6.07) is 10.4. The molecule has 0 amide bonds. The van der Waals surface area contributed by atoms with Crippen molar-refractivity contribution in [3.05, 3.63) is 63.4 Å². The predicted molar refractivity (Wildman–Crippen MR) is 93.8 cm³/mol. The van der Waals surface area contributed by atoms with E-state index in [0.717, 1.165) is 12.0 Å². The Kier molecular flexibility index (Phi) is 6.70. The molecule has 0 heterocycles. The highest BCUT2D eigenvalue weighted by atomic mass is 35.5. The summed E-state index contributed by atoms with van der Waals surface area (Å²) >= 11 is 12.1. The van der Waals surface area contributed by atoms with Gasteiger partial charge in [-0.1, -0.05) is 36.2 Å². The van der Waals surface area contributed by atoms with Crippen LogP contribution in [0.25, 0.3) is 0 Å². The van der Waals surface area contributed by atoms with Crippen molar-refractivity contribution < 1.29 is 9.13 Å². The van der Waals surface area contributed by atoms with Gasteiger partial charge < -0.3 is 10.1 Å². The third-order valence-corrected chi connectivity index (χ3v) is 4.30. The van der Waals surface area contributed by atoms with E-state index in [1.807, 2.05) is 6.07 Å². The highest BCUT2D eigenvalue weighted by Crippen LogP contribution is 2.26. The molecule has 0 aromatic heterocycles. The second kappa shape index (κ2) is 8.53. The van der Waals surface area contributed by atoms with Crippen molar-refractivity contribution in [1.82, 2.24) is 5.32 Å². The molecule has 1 unspecified atom stereocenters. The number of benzene rings is 2. The summed E-state index contributed by atoms with van der Waals surface area (Å²) in [5.74, 6) is 0.301. The monoisotopic (exact) mass is 355 g/mol. The van der Waals surface area contributed by atoms with Crippen LogP contribution >= 0.6 is 23.2 Å². The summed E-state index contributed by atoms with van der Waals surface area (Å²) < 4.78 is 19.6. The van der Waals surface area contributed by atoms with Gasteiger partial charge in [0.2, 0.25) is 0 Å². The molecule has 0 spiro atoms. The first-order chi connectivity index (χ1) is 11.0. The number of halogens is 3. The smallest absolute Gasteiger partial charge is 0.131 e. The van der Waals surface area contributed by atoms with Gasteiger partial charge in [0.05, 0.1) is 5.02 Å². The molecule has 1 N–H and O–H groups in total. The van der Waals surface area contributed by atoms with Crippen molar-refractivity contribution in [3.63, 3.8) is 0 Å². The molecule has 0 fully saturated rings. The summed E-state index contributed by atoms with van der Waals surface area (Å²) in [6.07, 6.45) is 1.03. The lowest BCUT2D eigenvalue weighted by Gasteiger charge is -2.16. The van der Waals surface area contributed by atoms with Crippen LogP contribution in [-0.2, 0) is 13.2 Å². The maximum Gasteiger partial charge on any atom is 0.131 e. The van der Waals surface area contributed by atoms with Gasteiger partial charge in [0.15, 0.2) is 0 Å². The molecule has 0 saturated heterocycles. The topological polar surface area (TPSA) is 21.3 Å². The third kappa shape index (κ3) is 5.10. The van der Waals surface area contributed by atoms with E-state index in [-0.39, 0.29) is 12.4 Å². The zero-order valence-corrected chi connectivity index (χ0v) is 14.7. The molecule has 0 bridgehead atoms. The fraction of sp³-hybridized carbons (Fsp3) is 0.333. The highest BCUT2D eigenvalue weighted by Gasteiger charge is 2.11. The first kappa shape index (κ1) is 18.1. The van der Waals surface area contributed by atoms with Crippen molar-refractivity contribution in [1.29, 1.82) is 0 Å². The maximum absolute atomic E-state index is 13.8. The Hall–Kier alpha value is -1.29. The van der Waals surface area contributed by atoms with Crippen LogP contribution in [0.3, 0.4) is 0 Å². The molecule has 0 aliphatic heterocycles. The molecule has 23 heavy (non-hydrogen) atoms. The first-order valence-electron chi connectivity index (χ1n) is 7.58. The fourth-order valence-electron chi connectivity index (χ4n) is 2.08. The van der Waals surface area contributed by atoms with Gasteiger partial charge in [-0.2, -0.15) is 0 Å². The normalized spacial score (nSPS) is 12.2. The van der Waals surface area contributed by atoms with Crippen LogP contribution in [0.2, 0.25) is 10.0 Å². The lowest BCUT2D eigenvalue weighted by atomic mass is 10.1. The van der Waals surface area contributed by atoms with Crippen LogP contribution in [0.15, 0.2) is 36.4 Å². The number of hydrogen-bond donors (Lipinski definition) is 1. The summed E-state index contributed by atoms with van der Waals surface area (Å²) in [4.78, 5) is 0. The second-order valence-corrected chi connectivity index (χ2v) is 6.27. The van der Waals surface area contributed by atoms with Gasteiger partial charge in [0.1, 0.15) is 18.2 Å². The Morgan fingerprint density at radius 2 is 2.00 bits per heavy atom. The van der Waals surface area contributed by atoms with E-state index >= 15 is 0 Å². The van der Waals surface area contributed by atoms with Crippen LogP contribution in [0.4, 0.5) is 4.39 Å². The van der Waals surface area contributed by atoms with E-state index in [9.17, 15) is 4.39 Å². The molecular formula is C18H20Cl2FNO. The number of ether oxygens (including phenoxy) is 1. The summed E-state index contributed by atoms with van der Waals surface area (Å²) in [7, 11) is 0. The average molecular weight is 356 g/mol. The quantitative estimate of drug-likeness (QED) is 0.697. The zero-order valence-electron chi connectivity index (χ0n) is 13.2. The minimum atomic E-state index is -0.370. The lowest BCUT2D eigenvalue weighted by molar-refractivity contribution is 0.295. The molecule has 5 heteroatoms. The number of rotatable bonds is 7. The Morgan fingerprint density at radius 1 is 1.22 bits per heavy atom. The molecule has 0 radical (unpaired) electrons. The standard InChI is InChI=1S/C18H20Cl2FNO/c1-3-12(2)22-10-13-9-14(19)7-8-18(13)23-11-15-16(20)5-4-6-17(15)21/h4-9,12,22H,3,10-11H2,1-2H3. The predicted octanol–water partition coefficient (Wildman–Crippen LogP) is 5.60. The van der Waals surface area contributed by atoms with Crippen LogP contribution in [-0.4, -0.2) is 6.04 Å². The lowest BCUT2D eigenvalue weighted by Crippen LogP contribution is -2.24. The second-order valence-electron chi connectivity index (χ2n) is 5.43. The summed E-state index contributed by atoms with van der Waals surface area (Å²) in [5, 5.41) is 4.40. The summed E-state index contributed by atoms with van der Waals surface area (Å²) in [6.45, 7) is 4.94. The zero-order chi connectivity index (χ0) is 16.8. The molecule has 2 nitrogen and oxygen atoms in total. The van der Waals surface area contributed by atoms with Gasteiger partial charge >= 0.3 is 0 Å². The van der Waals surface area contributed by atoms with Gasteiger partial charge in [-0.3, -0.25) is 0 Å². The van der Waals surface area contributed by atoms with E-state index in [0.29, 0.717) is 33.9 Å². The molecule has 0 saturated carbocycles. The molecule has 2 rings (SSSR count). The largest absolute Gasteiger partial charge is 0.488 e. The van der Waals surface area contributed by atoms with Gasteiger partial charge in [0, 0.05) is 28.7 Å². The van der Waals surface area contributed by atoms with Crippen molar-refractivity contribution in [3.8, 4) is 5.75 Å². The molecule has 124 valence electrons. The minimum absolute atomic E-state index is 0.0729. The van der Waals surface area contributed by atoms with Crippen molar-refractivity contribution >= 4 is 23.2 Å². The van der Waals surface area contributed by atoms with Crippen molar-refractivity contribution in [2.45, 2.75) is 39.5 Å². The highest BCUT2D eigenvalue weighted by molar-refractivity contribution is 6.31. The van der Waals surface area contributed by atoms with Gasteiger partial charge in [0.25, 0.3) is 0 Å². The van der Waals surface area contributed by atoms with E-state index in [1.54, 1.807) is 24.3 Å². The minimum Gasteiger partial charge on any atom is -0.488 e. The molecule has 0 aliphatic carbocycles. The van der Waals surface area contributed by atoms with E-state index in [2.05, 4.69) is 19.2 Å². The van der Waals surface area contributed by atoms with Gasteiger partial charge in [-0.25, -0.2) is 4.39 Å². The van der Waals surface area contributed by atoms with Crippen LogP contribution in [0.5, 0.6) is 5.75 Å².